The van der Waals surface area contributed by atoms with Gasteiger partial charge in [0.15, 0.2) is 0 Å². The number of benzene rings is 3. The first kappa shape index (κ1) is 28.3. The van der Waals surface area contributed by atoms with Gasteiger partial charge in [-0.3, -0.25) is 14.9 Å². The van der Waals surface area contributed by atoms with Crippen molar-refractivity contribution < 1.29 is 37.0 Å². The first-order chi connectivity index (χ1) is 18.4. The van der Waals surface area contributed by atoms with Gasteiger partial charge in [-0.2, -0.15) is 13.2 Å². The van der Waals surface area contributed by atoms with Gasteiger partial charge in [0.05, 0.1) is 33.4 Å². The summed E-state index contributed by atoms with van der Waals surface area (Å²) in [4.78, 5) is 38.8. The third-order valence-electron chi connectivity index (χ3n) is 5.51. The summed E-state index contributed by atoms with van der Waals surface area (Å²) in [6.07, 6.45) is -3.63. The van der Waals surface area contributed by atoms with Crippen LogP contribution in [-0.4, -0.2) is 25.0 Å². The molecule has 0 aliphatic carbocycles. The Morgan fingerprint density at radius 3 is 2.31 bits per heavy atom. The number of hydrogen-bond acceptors (Lipinski definition) is 5. The quantitative estimate of drug-likeness (QED) is 0.246. The Morgan fingerprint density at radius 1 is 0.923 bits per heavy atom. The van der Waals surface area contributed by atoms with Gasteiger partial charge in [-0.15, -0.1) is 0 Å². The average Bonchev–Trinajstić information content (AvgIpc) is 2.87. The summed E-state index contributed by atoms with van der Waals surface area (Å²) in [6, 6.07) is 10.3. The van der Waals surface area contributed by atoms with E-state index >= 15 is 0 Å². The lowest BCUT2D eigenvalue weighted by atomic mass is 10.0. The van der Waals surface area contributed by atoms with Crippen LogP contribution in [-0.2, 0) is 22.4 Å². The van der Waals surface area contributed by atoms with E-state index in [2.05, 4.69) is 0 Å². The maximum absolute atomic E-state index is 13.3. The Hall–Kier alpha value is -3.73. The summed E-state index contributed by atoms with van der Waals surface area (Å²) in [5, 5.41) is 2.31. The molecule has 0 unspecified atom stereocenters. The van der Waals surface area contributed by atoms with Crippen molar-refractivity contribution >= 4 is 64.4 Å². The molecule has 7 nitrogen and oxygen atoms in total. The molecule has 202 valence electrons. The van der Waals surface area contributed by atoms with Gasteiger partial charge in [-0.1, -0.05) is 40.9 Å². The molecule has 1 heterocycles. The molecule has 39 heavy (non-hydrogen) atoms. The number of halogens is 6. The second-order valence-electron chi connectivity index (χ2n) is 8.06. The number of imide groups is 2. The summed E-state index contributed by atoms with van der Waals surface area (Å²) in [7, 11) is 1.43. The van der Waals surface area contributed by atoms with Crippen LogP contribution in [0.25, 0.3) is 6.08 Å². The van der Waals surface area contributed by atoms with Crippen LogP contribution in [0.5, 0.6) is 11.5 Å². The molecule has 13 heteroatoms. The fraction of sp³-hybridized carbons (Fsp3) is 0.115. The number of carbonyl (C=O) groups is 3. The van der Waals surface area contributed by atoms with E-state index in [1.165, 1.54) is 25.3 Å². The molecule has 0 bridgehead atoms. The van der Waals surface area contributed by atoms with Gasteiger partial charge in [0.25, 0.3) is 11.8 Å². The van der Waals surface area contributed by atoms with E-state index in [0.29, 0.717) is 38.4 Å². The monoisotopic (exact) mass is 598 g/mol. The molecular weight excluding hydrogens is 584 g/mol. The average molecular weight is 600 g/mol. The van der Waals surface area contributed by atoms with E-state index in [4.69, 9.17) is 44.3 Å². The van der Waals surface area contributed by atoms with Crippen molar-refractivity contribution in [2.45, 2.75) is 12.8 Å². The van der Waals surface area contributed by atoms with Crippen molar-refractivity contribution in [3.8, 4) is 11.5 Å². The molecule has 1 aliphatic heterocycles. The maximum atomic E-state index is 13.3. The number of hydrogen-bond donors (Lipinski definition) is 1. The van der Waals surface area contributed by atoms with Crippen LogP contribution in [0.15, 0.2) is 60.2 Å². The summed E-state index contributed by atoms with van der Waals surface area (Å²) in [5.41, 5.74) is -1.34. The Kier molecular flexibility index (Phi) is 8.10. The maximum Gasteiger partial charge on any atom is 0.416 e. The van der Waals surface area contributed by atoms with Crippen molar-refractivity contribution in [2.24, 2.45) is 0 Å². The highest BCUT2D eigenvalue weighted by Crippen LogP contribution is 2.37. The van der Waals surface area contributed by atoms with Crippen LogP contribution in [0, 0.1) is 0 Å². The minimum absolute atomic E-state index is 0.0187. The number of carbonyl (C=O) groups excluding carboxylic acids is 3. The van der Waals surface area contributed by atoms with Crippen LogP contribution < -0.4 is 19.7 Å². The van der Waals surface area contributed by atoms with Crippen molar-refractivity contribution in [2.75, 3.05) is 12.0 Å². The molecular formula is C26H16Cl3F3N2O5. The van der Waals surface area contributed by atoms with Crippen LogP contribution in [0.2, 0.25) is 15.1 Å². The normalized spacial score (nSPS) is 15.0. The zero-order valence-electron chi connectivity index (χ0n) is 19.7. The molecule has 0 spiro atoms. The second kappa shape index (κ2) is 11.2. The molecule has 4 amide bonds. The SMILES string of the molecule is COc1ccc(/C=C2/C(=O)NC(=O)N(c3cc(C(F)(F)F)ccc3Cl)C2=O)c(OCc2ccc(Cl)c(Cl)c2)c1. The number of amides is 4. The number of nitrogens with one attached hydrogen (secondary N) is 1. The highest BCUT2D eigenvalue weighted by Gasteiger charge is 2.39. The Balaban J connectivity index is 1.72. The molecule has 4 rings (SSSR count). The van der Waals surface area contributed by atoms with E-state index in [0.717, 1.165) is 12.1 Å². The summed E-state index contributed by atoms with van der Waals surface area (Å²) in [5.74, 6) is -1.66. The summed E-state index contributed by atoms with van der Waals surface area (Å²) in [6.45, 7) is 0.0187. The largest absolute Gasteiger partial charge is 0.497 e. The number of nitrogens with zero attached hydrogens (tertiary/aromatic N) is 1. The first-order valence-corrected chi connectivity index (χ1v) is 12.1. The standard InChI is InChI=1S/C26H16Cl3F3N2O5/c1-38-16-5-3-14(22(11-16)39-12-13-2-6-18(27)20(29)8-13)9-17-23(35)33-25(37)34(24(17)36)21-10-15(26(30,31)32)4-7-19(21)28/h2-11H,12H2,1H3,(H,33,35,37)/b17-9-. The molecule has 0 atom stereocenters. The Labute approximate surface area is 234 Å². The van der Waals surface area contributed by atoms with E-state index in [1.807, 2.05) is 5.32 Å². The predicted octanol–water partition coefficient (Wildman–Crippen LogP) is 6.92. The molecule has 1 N–H and O–H groups in total. The van der Waals surface area contributed by atoms with Gasteiger partial charge in [0.2, 0.25) is 0 Å². The van der Waals surface area contributed by atoms with E-state index in [9.17, 15) is 27.6 Å². The molecule has 1 saturated heterocycles. The molecule has 1 aliphatic rings. The molecule has 0 saturated carbocycles. The third kappa shape index (κ3) is 6.13. The Bertz CT molecular complexity index is 1530. The molecule has 1 fully saturated rings. The summed E-state index contributed by atoms with van der Waals surface area (Å²) < 4.78 is 50.9. The van der Waals surface area contributed by atoms with Crippen molar-refractivity contribution in [3.63, 3.8) is 0 Å². The lowest BCUT2D eigenvalue weighted by molar-refractivity contribution is -0.137. The highest BCUT2D eigenvalue weighted by atomic mass is 35.5. The van der Waals surface area contributed by atoms with E-state index < -0.39 is 40.8 Å². The van der Waals surface area contributed by atoms with Gasteiger partial charge >= 0.3 is 12.2 Å². The summed E-state index contributed by atoms with van der Waals surface area (Å²) >= 11 is 18.0. The number of anilines is 1. The number of methoxy groups -OCH3 is 1. The zero-order chi connectivity index (χ0) is 28.5. The first-order valence-electron chi connectivity index (χ1n) is 10.9. The number of barbiturate groups is 1. The zero-order valence-corrected chi connectivity index (χ0v) is 22.0. The fourth-order valence-corrected chi connectivity index (χ4v) is 4.09. The number of rotatable bonds is 6. The molecule has 0 radical (unpaired) electrons. The number of urea groups is 1. The van der Waals surface area contributed by atoms with Crippen LogP contribution >= 0.6 is 34.8 Å². The molecule has 0 aromatic heterocycles. The minimum Gasteiger partial charge on any atom is -0.497 e. The van der Waals surface area contributed by atoms with Crippen molar-refractivity contribution in [3.05, 3.63) is 91.9 Å². The lowest BCUT2D eigenvalue weighted by Gasteiger charge is -2.27. The van der Waals surface area contributed by atoms with E-state index in [1.54, 1.807) is 18.2 Å². The molecule has 3 aromatic rings. The lowest BCUT2D eigenvalue weighted by Crippen LogP contribution is -2.54. The predicted molar refractivity (Wildman–Crippen MR) is 139 cm³/mol. The third-order valence-corrected chi connectivity index (χ3v) is 6.57. The number of alkyl halides is 3. The van der Waals surface area contributed by atoms with Crippen molar-refractivity contribution in [1.29, 1.82) is 0 Å². The minimum atomic E-state index is -4.77. The number of ether oxygens (including phenoxy) is 2. The molecule has 3 aromatic carbocycles. The van der Waals surface area contributed by atoms with Gasteiger partial charge in [-0.05, 0) is 54.1 Å². The highest BCUT2D eigenvalue weighted by molar-refractivity contribution is 6.42. The smallest absolute Gasteiger partial charge is 0.416 e. The van der Waals surface area contributed by atoms with Crippen LogP contribution in [0.4, 0.5) is 23.7 Å². The van der Waals surface area contributed by atoms with Gasteiger partial charge in [0, 0.05) is 11.6 Å². The second-order valence-corrected chi connectivity index (χ2v) is 9.28. The fourth-order valence-electron chi connectivity index (χ4n) is 3.57. The van der Waals surface area contributed by atoms with Crippen LogP contribution in [0.1, 0.15) is 16.7 Å². The van der Waals surface area contributed by atoms with Gasteiger partial charge in [0.1, 0.15) is 23.7 Å². The Morgan fingerprint density at radius 2 is 1.64 bits per heavy atom. The van der Waals surface area contributed by atoms with E-state index in [-0.39, 0.29) is 22.9 Å². The van der Waals surface area contributed by atoms with Gasteiger partial charge in [-0.25, -0.2) is 9.69 Å². The topological polar surface area (TPSA) is 84.9 Å². The van der Waals surface area contributed by atoms with Crippen molar-refractivity contribution in [1.82, 2.24) is 5.32 Å². The van der Waals surface area contributed by atoms with Crippen LogP contribution in [0.3, 0.4) is 0 Å². The van der Waals surface area contributed by atoms with Gasteiger partial charge < -0.3 is 9.47 Å².